The van der Waals surface area contributed by atoms with E-state index in [1.165, 1.54) is 37.4 Å². The average Bonchev–Trinajstić information content (AvgIpc) is 2.82. The van der Waals surface area contributed by atoms with Crippen LogP contribution in [-0.2, 0) is 12.7 Å². The molecule has 1 aliphatic rings. The van der Waals surface area contributed by atoms with Gasteiger partial charge in [-0.25, -0.2) is 0 Å². The summed E-state index contributed by atoms with van der Waals surface area (Å²) in [6, 6.07) is 8.42. The van der Waals surface area contributed by atoms with Gasteiger partial charge in [0.05, 0.1) is 18.1 Å². The number of ether oxygens (including phenoxy) is 2. The minimum atomic E-state index is -5.00. The van der Waals surface area contributed by atoms with Crippen LogP contribution in [0.5, 0.6) is 23.0 Å². The Labute approximate surface area is 193 Å². The van der Waals surface area contributed by atoms with E-state index in [4.69, 9.17) is 13.9 Å². The van der Waals surface area contributed by atoms with Crippen molar-refractivity contribution in [2.45, 2.75) is 19.6 Å². The monoisotopic (exact) mass is 478 g/mol. The van der Waals surface area contributed by atoms with Crippen molar-refractivity contribution >= 4 is 11.0 Å². The van der Waals surface area contributed by atoms with Crippen molar-refractivity contribution in [2.24, 2.45) is 0 Å². The Kier molecular flexibility index (Phi) is 6.72. The second-order valence-corrected chi connectivity index (χ2v) is 8.02. The molecule has 0 aliphatic carbocycles. The van der Waals surface area contributed by atoms with Gasteiger partial charge in [0.1, 0.15) is 22.8 Å². The van der Waals surface area contributed by atoms with Gasteiger partial charge in [0.2, 0.25) is 11.2 Å². The molecule has 1 aliphatic heterocycles. The van der Waals surface area contributed by atoms with E-state index >= 15 is 0 Å². The van der Waals surface area contributed by atoms with Crippen molar-refractivity contribution < 1.29 is 32.2 Å². The van der Waals surface area contributed by atoms with Crippen LogP contribution in [0.2, 0.25) is 0 Å². The Hall–Kier alpha value is -3.24. The zero-order chi connectivity index (χ0) is 24.5. The Morgan fingerprint density at radius 2 is 1.74 bits per heavy atom. The summed E-state index contributed by atoms with van der Waals surface area (Å²) in [5, 5.41) is 10.4. The molecule has 1 N–H and O–H groups in total. The number of nitrogens with zero attached hydrogens (tertiary/aromatic N) is 2. The van der Waals surface area contributed by atoms with E-state index in [0.29, 0.717) is 18.8 Å². The highest BCUT2D eigenvalue weighted by molar-refractivity contribution is 5.83. The lowest BCUT2D eigenvalue weighted by Crippen LogP contribution is -2.45. The number of rotatable bonds is 6. The zero-order valence-electron chi connectivity index (χ0n) is 18.8. The molecule has 3 aromatic rings. The molecule has 0 saturated carbocycles. The molecule has 34 heavy (non-hydrogen) atoms. The molecule has 10 heteroatoms. The molecule has 4 rings (SSSR count). The smallest absolute Gasteiger partial charge is 0.453 e. The number of methoxy groups -OCH3 is 1. The maximum atomic E-state index is 14.0. The number of aromatic hydroxyl groups is 1. The Balaban J connectivity index is 1.80. The van der Waals surface area contributed by atoms with Crippen LogP contribution in [0.15, 0.2) is 45.6 Å². The van der Waals surface area contributed by atoms with Crippen molar-refractivity contribution in [2.75, 3.05) is 39.8 Å². The molecular formula is C24H25F3N2O5. The van der Waals surface area contributed by atoms with E-state index in [2.05, 4.69) is 11.8 Å². The summed E-state index contributed by atoms with van der Waals surface area (Å²) in [6.07, 6.45) is -5.00. The van der Waals surface area contributed by atoms with E-state index in [1.54, 1.807) is 6.07 Å². The third kappa shape index (κ3) is 4.83. The first-order valence-corrected chi connectivity index (χ1v) is 10.9. The summed E-state index contributed by atoms with van der Waals surface area (Å²) >= 11 is 0. The molecule has 0 amide bonds. The molecule has 1 aromatic heterocycles. The van der Waals surface area contributed by atoms with E-state index < -0.39 is 23.1 Å². The van der Waals surface area contributed by atoms with Crippen LogP contribution in [0.25, 0.3) is 11.0 Å². The van der Waals surface area contributed by atoms with Crippen molar-refractivity contribution in [3.8, 4) is 23.0 Å². The lowest BCUT2D eigenvalue weighted by molar-refractivity contribution is -0.154. The predicted octanol–water partition coefficient (Wildman–Crippen LogP) is 4.46. The number of hydrogen-bond acceptors (Lipinski definition) is 7. The van der Waals surface area contributed by atoms with Gasteiger partial charge in [0.25, 0.3) is 5.76 Å². The Morgan fingerprint density at radius 3 is 2.38 bits per heavy atom. The average molecular weight is 478 g/mol. The first-order valence-electron chi connectivity index (χ1n) is 10.9. The van der Waals surface area contributed by atoms with E-state index in [1.807, 2.05) is 4.90 Å². The molecule has 0 radical (unpaired) electrons. The molecule has 182 valence electrons. The summed E-state index contributed by atoms with van der Waals surface area (Å²) in [6.45, 7) is 6.08. The van der Waals surface area contributed by atoms with Crippen molar-refractivity contribution in [3.63, 3.8) is 0 Å². The maximum Gasteiger partial charge on any atom is 0.453 e. The number of halogens is 3. The fourth-order valence-corrected chi connectivity index (χ4v) is 3.99. The van der Waals surface area contributed by atoms with Crippen LogP contribution in [0, 0.1) is 0 Å². The van der Waals surface area contributed by atoms with Crippen molar-refractivity contribution in [3.05, 3.63) is 57.9 Å². The van der Waals surface area contributed by atoms with Crippen LogP contribution in [0.1, 0.15) is 18.2 Å². The third-order valence-electron chi connectivity index (χ3n) is 5.91. The van der Waals surface area contributed by atoms with Gasteiger partial charge >= 0.3 is 6.18 Å². The summed E-state index contributed by atoms with van der Waals surface area (Å²) in [7, 11) is 1.40. The number of phenolic OH excluding ortho intramolecular Hbond substituents is 1. The lowest BCUT2D eigenvalue weighted by Gasteiger charge is -2.34. The minimum absolute atomic E-state index is 0.00991. The van der Waals surface area contributed by atoms with Gasteiger partial charge < -0.3 is 23.9 Å². The summed E-state index contributed by atoms with van der Waals surface area (Å²) < 4.78 is 57.6. The molecular weight excluding hydrogens is 453 g/mol. The van der Waals surface area contributed by atoms with Gasteiger partial charge in [-0.1, -0.05) is 13.0 Å². The first-order chi connectivity index (χ1) is 16.2. The number of benzene rings is 2. The number of alkyl halides is 3. The molecule has 0 atom stereocenters. The highest BCUT2D eigenvalue weighted by atomic mass is 19.4. The van der Waals surface area contributed by atoms with Crippen molar-refractivity contribution in [1.29, 1.82) is 0 Å². The second-order valence-electron chi connectivity index (χ2n) is 8.02. The normalized spacial score (nSPS) is 15.6. The second kappa shape index (κ2) is 9.55. The highest BCUT2D eigenvalue weighted by Gasteiger charge is 2.41. The number of likely N-dealkylation sites (N-methyl/N-ethyl adjacent to an activating group) is 1. The van der Waals surface area contributed by atoms with E-state index in [0.717, 1.165) is 19.6 Å². The fourth-order valence-electron chi connectivity index (χ4n) is 3.99. The summed E-state index contributed by atoms with van der Waals surface area (Å²) in [5.74, 6) is -2.42. The molecule has 7 nitrogen and oxygen atoms in total. The molecule has 0 bridgehead atoms. The predicted molar refractivity (Wildman–Crippen MR) is 120 cm³/mol. The van der Waals surface area contributed by atoms with Gasteiger partial charge in [-0.2, -0.15) is 13.2 Å². The van der Waals surface area contributed by atoms with Gasteiger partial charge in [0, 0.05) is 38.8 Å². The summed E-state index contributed by atoms with van der Waals surface area (Å²) in [4.78, 5) is 17.4. The number of fused-ring (bicyclic) bond motifs is 1. The van der Waals surface area contributed by atoms with Gasteiger partial charge in [-0.05, 0) is 30.8 Å². The summed E-state index contributed by atoms with van der Waals surface area (Å²) in [5.41, 5.74) is -1.14. The Morgan fingerprint density at radius 1 is 1.06 bits per heavy atom. The topological polar surface area (TPSA) is 75.4 Å². The molecule has 0 spiro atoms. The maximum absolute atomic E-state index is 14.0. The number of phenols is 1. The minimum Gasteiger partial charge on any atom is -0.507 e. The SMILES string of the molecule is CCN1CCN(Cc2c(O)ccc3c(=O)c(Oc4cccc(OC)c4)c(C(F)(F)F)oc23)CC1. The molecule has 1 fully saturated rings. The molecule has 2 heterocycles. The molecule has 2 aromatic carbocycles. The van der Waals surface area contributed by atoms with Gasteiger partial charge in [-0.3, -0.25) is 9.69 Å². The van der Waals surface area contributed by atoms with Crippen molar-refractivity contribution in [1.82, 2.24) is 9.80 Å². The molecule has 0 unspecified atom stereocenters. The number of piperazine rings is 1. The standard InChI is InChI=1S/C24H25F3N2O5/c1-3-28-9-11-29(12-10-28)14-18-19(30)8-7-17-20(31)22(23(24(25,26)27)34-21(17)18)33-16-6-4-5-15(13-16)32-2/h4-8,13,30H,3,9-12,14H2,1-2H3. The Bertz CT molecular complexity index is 1230. The highest BCUT2D eigenvalue weighted by Crippen LogP contribution is 2.40. The van der Waals surface area contributed by atoms with Crippen LogP contribution < -0.4 is 14.9 Å². The third-order valence-corrected chi connectivity index (χ3v) is 5.91. The fraction of sp³-hybridized carbons (Fsp3) is 0.375. The van der Waals surface area contributed by atoms with Crippen LogP contribution in [0.4, 0.5) is 13.2 Å². The van der Waals surface area contributed by atoms with Crippen LogP contribution in [-0.4, -0.2) is 54.7 Å². The van der Waals surface area contributed by atoms with E-state index in [-0.39, 0.29) is 34.6 Å². The largest absolute Gasteiger partial charge is 0.507 e. The number of hydrogen-bond donors (Lipinski definition) is 1. The quantitative estimate of drug-likeness (QED) is 0.561. The van der Waals surface area contributed by atoms with E-state index in [9.17, 15) is 23.1 Å². The molecule has 1 saturated heterocycles. The van der Waals surface area contributed by atoms with Gasteiger partial charge in [0.15, 0.2) is 0 Å². The van der Waals surface area contributed by atoms with Crippen LogP contribution in [0.3, 0.4) is 0 Å². The lowest BCUT2D eigenvalue weighted by atomic mass is 10.1. The zero-order valence-corrected chi connectivity index (χ0v) is 18.8. The van der Waals surface area contributed by atoms with Crippen LogP contribution >= 0.6 is 0 Å². The first kappa shape index (κ1) is 23.9. The van der Waals surface area contributed by atoms with Gasteiger partial charge in [-0.15, -0.1) is 0 Å².